The molecule has 1 N–H and O–H groups in total. The molecule has 0 aliphatic heterocycles. The third-order valence-electron chi connectivity index (χ3n) is 4.04. The fourth-order valence-electron chi connectivity index (χ4n) is 2.63. The monoisotopic (exact) mass is 398 g/mol. The number of nitro benzene ring substituents is 1. The number of hydrogen-bond acceptors (Lipinski definition) is 7. The van der Waals surface area contributed by atoms with E-state index < -0.39 is 10.8 Å². The average Bonchev–Trinajstić information content (AvgIpc) is 3.12. The predicted octanol–water partition coefficient (Wildman–Crippen LogP) is 3.82. The Hall–Kier alpha value is -3.20. The lowest BCUT2D eigenvalue weighted by atomic mass is 10.1. The number of nitrogens with zero attached hydrogens (tertiary/aromatic N) is 3. The Labute approximate surface area is 165 Å². The van der Waals surface area contributed by atoms with Crippen molar-refractivity contribution in [2.75, 3.05) is 0 Å². The normalized spacial score (nSPS) is 10.6. The van der Waals surface area contributed by atoms with E-state index in [1.807, 2.05) is 25.1 Å². The molecule has 0 spiro atoms. The summed E-state index contributed by atoms with van der Waals surface area (Å²) < 4.78 is 5.53. The molecular weight excluding hydrogens is 380 g/mol. The minimum absolute atomic E-state index is 0.0406. The van der Waals surface area contributed by atoms with Gasteiger partial charge in [-0.25, -0.2) is 0 Å². The number of rotatable bonds is 7. The van der Waals surface area contributed by atoms with Crippen LogP contribution in [0.5, 0.6) is 0 Å². The van der Waals surface area contributed by atoms with Crippen LogP contribution < -0.4 is 5.32 Å². The van der Waals surface area contributed by atoms with E-state index in [-0.39, 0.29) is 23.7 Å². The van der Waals surface area contributed by atoms with Gasteiger partial charge in [0.15, 0.2) is 0 Å². The van der Waals surface area contributed by atoms with Gasteiger partial charge >= 0.3 is 0 Å². The van der Waals surface area contributed by atoms with Crippen molar-refractivity contribution in [2.45, 2.75) is 31.4 Å². The van der Waals surface area contributed by atoms with Gasteiger partial charge in [-0.3, -0.25) is 14.9 Å². The van der Waals surface area contributed by atoms with Gasteiger partial charge in [0.25, 0.3) is 16.8 Å². The number of benzene rings is 2. The van der Waals surface area contributed by atoms with Gasteiger partial charge in [0.1, 0.15) is 0 Å². The molecule has 0 saturated carbocycles. The molecule has 0 fully saturated rings. The van der Waals surface area contributed by atoms with Crippen molar-refractivity contribution in [3.05, 3.63) is 80.7 Å². The van der Waals surface area contributed by atoms with E-state index in [0.29, 0.717) is 16.5 Å². The second-order valence-corrected chi connectivity index (χ2v) is 7.06. The maximum Gasteiger partial charge on any atom is 0.276 e. The standard InChI is InChI=1S/C19H18N4O4S/c1-12-5-3-6-14(9-12)11-28-19-22-21-17(27-19)10-20-18(24)15-7-4-8-16(13(15)2)23(25)26/h3-9H,10-11H2,1-2H3,(H,20,24). The van der Waals surface area contributed by atoms with Crippen LogP contribution >= 0.6 is 11.8 Å². The Bertz CT molecular complexity index is 1020. The van der Waals surface area contributed by atoms with Gasteiger partial charge in [0.2, 0.25) is 5.89 Å². The topological polar surface area (TPSA) is 111 Å². The summed E-state index contributed by atoms with van der Waals surface area (Å²) in [4.78, 5) is 22.8. The lowest BCUT2D eigenvalue weighted by Gasteiger charge is -2.06. The fourth-order valence-corrected chi connectivity index (χ4v) is 3.36. The third-order valence-corrected chi connectivity index (χ3v) is 4.93. The quantitative estimate of drug-likeness (QED) is 0.366. The van der Waals surface area contributed by atoms with E-state index in [1.54, 1.807) is 6.92 Å². The molecular formula is C19H18N4O4S. The first-order valence-electron chi connectivity index (χ1n) is 8.47. The molecule has 3 aromatic rings. The van der Waals surface area contributed by atoms with Crippen molar-refractivity contribution in [2.24, 2.45) is 0 Å². The summed E-state index contributed by atoms with van der Waals surface area (Å²) in [6.07, 6.45) is 0. The van der Waals surface area contributed by atoms with Crippen LogP contribution in [0.25, 0.3) is 0 Å². The molecule has 3 rings (SSSR count). The fraction of sp³-hybridized carbons (Fsp3) is 0.211. The summed E-state index contributed by atoms with van der Waals surface area (Å²) in [6, 6.07) is 12.5. The first-order valence-corrected chi connectivity index (χ1v) is 9.45. The van der Waals surface area contributed by atoms with Crippen LogP contribution in [0.2, 0.25) is 0 Å². The van der Waals surface area contributed by atoms with Crippen LogP contribution in [-0.2, 0) is 12.3 Å². The smallest absolute Gasteiger partial charge is 0.276 e. The number of aryl methyl sites for hydroxylation is 1. The van der Waals surface area contributed by atoms with E-state index in [0.717, 1.165) is 5.56 Å². The largest absolute Gasteiger partial charge is 0.414 e. The molecule has 0 saturated heterocycles. The van der Waals surface area contributed by atoms with Crippen LogP contribution in [0.3, 0.4) is 0 Å². The molecule has 8 nitrogen and oxygen atoms in total. The molecule has 144 valence electrons. The molecule has 1 aromatic heterocycles. The van der Waals surface area contributed by atoms with Crippen LogP contribution in [-0.4, -0.2) is 21.0 Å². The van der Waals surface area contributed by atoms with E-state index in [1.165, 1.54) is 35.5 Å². The summed E-state index contributed by atoms with van der Waals surface area (Å²) in [7, 11) is 0. The Morgan fingerprint density at radius 2 is 2.00 bits per heavy atom. The molecule has 28 heavy (non-hydrogen) atoms. The van der Waals surface area contributed by atoms with Gasteiger partial charge < -0.3 is 9.73 Å². The molecule has 0 aliphatic carbocycles. The first-order chi connectivity index (χ1) is 13.4. The van der Waals surface area contributed by atoms with Crippen molar-refractivity contribution >= 4 is 23.4 Å². The van der Waals surface area contributed by atoms with Crippen molar-refractivity contribution in [1.29, 1.82) is 0 Å². The first kappa shape index (κ1) is 19.6. The summed E-state index contributed by atoms with van der Waals surface area (Å²) in [5.74, 6) is 0.527. The van der Waals surface area contributed by atoms with Crippen molar-refractivity contribution in [1.82, 2.24) is 15.5 Å². The molecule has 0 bridgehead atoms. The zero-order valence-corrected chi connectivity index (χ0v) is 16.2. The SMILES string of the molecule is Cc1cccc(CSc2nnc(CNC(=O)c3cccc([N+](=O)[O-])c3C)o2)c1. The summed E-state index contributed by atoms with van der Waals surface area (Å²) in [5.41, 5.74) is 2.79. The van der Waals surface area contributed by atoms with E-state index >= 15 is 0 Å². The second-order valence-electron chi connectivity index (χ2n) is 6.13. The number of aromatic nitrogens is 2. The highest BCUT2D eigenvalue weighted by Gasteiger charge is 2.18. The van der Waals surface area contributed by atoms with Crippen LogP contribution in [0.15, 0.2) is 52.1 Å². The lowest BCUT2D eigenvalue weighted by Crippen LogP contribution is -2.24. The summed E-state index contributed by atoms with van der Waals surface area (Å²) >= 11 is 1.41. The highest BCUT2D eigenvalue weighted by Crippen LogP contribution is 2.23. The van der Waals surface area contributed by atoms with Crippen molar-refractivity contribution in [3.63, 3.8) is 0 Å². The highest BCUT2D eigenvalue weighted by atomic mass is 32.2. The van der Waals surface area contributed by atoms with Crippen molar-refractivity contribution < 1.29 is 14.1 Å². The van der Waals surface area contributed by atoms with Gasteiger partial charge in [-0.05, 0) is 25.5 Å². The molecule has 1 amide bonds. The van der Waals surface area contributed by atoms with Gasteiger partial charge in [-0.15, -0.1) is 10.2 Å². The Morgan fingerprint density at radius 1 is 1.21 bits per heavy atom. The predicted molar refractivity (Wildman–Crippen MR) is 104 cm³/mol. The number of hydrogen-bond donors (Lipinski definition) is 1. The van der Waals surface area contributed by atoms with E-state index in [2.05, 4.69) is 21.6 Å². The Morgan fingerprint density at radius 3 is 2.75 bits per heavy atom. The maximum absolute atomic E-state index is 12.3. The number of nitro groups is 1. The van der Waals surface area contributed by atoms with E-state index in [4.69, 9.17) is 4.42 Å². The number of carbonyl (C=O) groups excluding carboxylic acids is 1. The second kappa shape index (κ2) is 8.66. The van der Waals surface area contributed by atoms with Crippen LogP contribution in [0, 0.1) is 24.0 Å². The molecule has 9 heteroatoms. The minimum atomic E-state index is -0.512. The van der Waals surface area contributed by atoms with E-state index in [9.17, 15) is 14.9 Å². The van der Waals surface area contributed by atoms with Gasteiger partial charge in [0.05, 0.1) is 11.5 Å². The number of amides is 1. The molecule has 0 aliphatic rings. The van der Waals surface area contributed by atoms with Crippen molar-refractivity contribution in [3.8, 4) is 0 Å². The Kier molecular flexibility index (Phi) is 6.05. The zero-order valence-electron chi connectivity index (χ0n) is 15.3. The number of nitrogens with one attached hydrogen (secondary N) is 1. The summed E-state index contributed by atoms with van der Waals surface area (Å²) in [6.45, 7) is 3.61. The average molecular weight is 398 g/mol. The van der Waals surface area contributed by atoms with Gasteiger partial charge in [-0.1, -0.05) is 47.7 Å². The number of carbonyl (C=O) groups is 1. The molecule has 0 unspecified atom stereocenters. The maximum atomic E-state index is 12.3. The summed E-state index contributed by atoms with van der Waals surface area (Å²) in [5, 5.41) is 21.9. The van der Waals surface area contributed by atoms with Crippen LogP contribution in [0.1, 0.15) is 32.9 Å². The molecule has 1 heterocycles. The number of thioether (sulfide) groups is 1. The molecule has 2 aromatic carbocycles. The van der Waals surface area contributed by atoms with Gasteiger partial charge in [-0.2, -0.15) is 0 Å². The molecule has 0 atom stereocenters. The highest BCUT2D eigenvalue weighted by molar-refractivity contribution is 7.98. The zero-order chi connectivity index (χ0) is 20.1. The van der Waals surface area contributed by atoms with Crippen LogP contribution in [0.4, 0.5) is 5.69 Å². The van der Waals surface area contributed by atoms with Gasteiger partial charge in [0, 0.05) is 22.9 Å². The third kappa shape index (κ3) is 4.74. The minimum Gasteiger partial charge on any atom is -0.414 e. The lowest BCUT2D eigenvalue weighted by molar-refractivity contribution is -0.385. The Balaban J connectivity index is 1.58. The molecule has 0 radical (unpaired) electrons.